The maximum absolute atomic E-state index is 11.3. The van der Waals surface area contributed by atoms with Gasteiger partial charge in [-0.2, -0.15) is 0 Å². The van der Waals surface area contributed by atoms with Crippen LogP contribution >= 0.6 is 0 Å². The first-order valence-corrected chi connectivity index (χ1v) is 4.78. The minimum Gasteiger partial charge on any atom is -0.404 e. The predicted octanol–water partition coefficient (Wildman–Crippen LogP) is 0.0530. The van der Waals surface area contributed by atoms with Crippen LogP contribution in [0.25, 0.3) is 0 Å². The molecule has 0 aromatic rings. The fourth-order valence-electron chi connectivity index (χ4n) is 1.17. The number of carbonyl (C=O) groups excluding carboxylic acids is 1. The van der Waals surface area contributed by atoms with Gasteiger partial charge in [-0.1, -0.05) is 0 Å². The summed E-state index contributed by atoms with van der Waals surface area (Å²) in [5.74, 6) is -0.540. The van der Waals surface area contributed by atoms with Gasteiger partial charge < -0.3 is 15.9 Å². The summed E-state index contributed by atoms with van der Waals surface area (Å²) in [6, 6.07) is 0. The molecular formula is C9H15N3O3. The number of nitrogens with one attached hydrogen (secondary N) is 2. The molecule has 1 aliphatic rings. The van der Waals surface area contributed by atoms with E-state index in [9.17, 15) is 4.79 Å². The zero-order valence-corrected chi connectivity index (χ0v) is 8.36. The molecule has 1 unspecified atom stereocenters. The van der Waals surface area contributed by atoms with Crippen molar-refractivity contribution in [3.63, 3.8) is 0 Å². The molecule has 0 saturated carbocycles. The van der Waals surface area contributed by atoms with Gasteiger partial charge in [0.05, 0.1) is 5.57 Å². The second-order valence-corrected chi connectivity index (χ2v) is 3.11. The van der Waals surface area contributed by atoms with Gasteiger partial charge >= 0.3 is 0 Å². The van der Waals surface area contributed by atoms with Gasteiger partial charge in [0.15, 0.2) is 6.29 Å². The van der Waals surface area contributed by atoms with Crippen LogP contribution in [0.5, 0.6) is 0 Å². The first kappa shape index (κ1) is 11.7. The first-order chi connectivity index (χ1) is 7.27. The van der Waals surface area contributed by atoms with Gasteiger partial charge in [-0.25, -0.2) is 10.3 Å². The van der Waals surface area contributed by atoms with Crippen molar-refractivity contribution in [1.82, 2.24) is 5.48 Å². The molecule has 1 heterocycles. The lowest BCUT2D eigenvalue weighted by Gasteiger charge is -2.22. The van der Waals surface area contributed by atoms with Crippen LogP contribution in [0.4, 0.5) is 0 Å². The maximum atomic E-state index is 11.3. The molecule has 0 aliphatic carbocycles. The quantitative estimate of drug-likeness (QED) is 0.349. The lowest BCUT2D eigenvalue weighted by Crippen LogP contribution is -2.34. The van der Waals surface area contributed by atoms with Crippen LogP contribution < -0.4 is 11.2 Å². The zero-order valence-electron chi connectivity index (χ0n) is 8.36. The van der Waals surface area contributed by atoms with Gasteiger partial charge in [-0.15, -0.1) is 0 Å². The van der Waals surface area contributed by atoms with E-state index in [0.29, 0.717) is 6.61 Å². The molecule has 1 saturated heterocycles. The molecule has 15 heavy (non-hydrogen) atoms. The Morgan fingerprint density at radius 2 is 2.40 bits per heavy atom. The monoisotopic (exact) mass is 213 g/mol. The minimum absolute atomic E-state index is 0.0470. The van der Waals surface area contributed by atoms with Crippen LogP contribution in [0.15, 0.2) is 11.8 Å². The van der Waals surface area contributed by atoms with Crippen LogP contribution in [0.2, 0.25) is 0 Å². The van der Waals surface area contributed by atoms with Gasteiger partial charge in [0.1, 0.15) is 0 Å². The van der Waals surface area contributed by atoms with E-state index < -0.39 is 12.2 Å². The Balaban J connectivity index is 2.29. The molecule has 0 aromatic carbocycles. The Kier molecular flexibility index (Phi) is 4.79. The van der Waals surface area contributed by atoms with Crippen molar-refractivity contribution in [3.05, 3.63) is 11.8 Å². The second-order valence-electron chi connectivity index (χ2n) is 3.11. The highest BCUT2D eigenvalue weighted by Gasteiger charge is 2.16. The summed E-state index contributed by atoms with van der Waals surface area (Å²) in [5.41, 5.74) is 7.37. The van der Waals surface area contributed by atoms with Gasteiger partial charge in [-0.3, -0.25) is 4.79 Å². The Morgan fingerprint density at radius 1 is 1.60 bits per heavy atom. The molecule has 6 heteroatoms. The van der Waals surface area contributed by atoms with Crippen LogP contribution in [0, 0.1) is 5.41 Å². The summed E-state index contributed by atoms with van der Waals surface area (Å²) in [5, 5.41) is 6.89. The smallest absolute Gasteiger partial charge is 0.277 e. The minimum atomic E-state index is -0.540. The summed E-state index contributed by atoms with van der Waals surface area (Å²) in [6.07, 6.45) is 4.31. The van der Waals surface area contributed by atoms with Crippen molar-refractivity contribution in [1.29, 1.82) is 5.41 Å². The number of ether oxygens (including phenoxy) is 1. The Bertz CT molecular complexity index is 259. The van der Waals surface area contributed by atoms with Crippen LogP contribution in [0.1, 0.15) is 19.3 Å². The molecule has 0 spiro atoms. The molecule has 1 rings (SSSR count). The van der Waals surface area contributed by atoms with Gasteiger partial charge in [0, 0.05) is 25.4 Å². The lowest BCUT2D eigenvalue weighted by atomic mass is 10.2. The molecule has 0 aromatic heterocycles. The highest BCUT2D eigenvalue weighted by atomic mass is 16.8. The second kappa shape index (κ2) is 6.15. The topological polar surface area (TPSA) is 97.4 Å². The van der Waals surface area contributed by atoms with E-state index in [1.165, 1.54) is 0 Å². The summed E-state index contributed by atoms with van der Waals surface area (Å²) in [6.45, 7) is 0.644. The zero-order chi connectivity index (χ0) is 11.1. The normalized spacial score (nSPS) is 22.1. The Labute approximate surface area is 87.9 Å². The SMILES string of the molecule is N=C/C(=C\N)C(=O)NOC1CCCCO1. The lowest BCUT2D eigenvalue weighted by molar-refractivity contribution is -0.198. The fourth-order valence-corrected chi connectivity index (χ4v) is 1.17. The number of hydroxylamine groups is 1. The number of amides is 1. The highest BCUT2D eigenvalue weighted by Crippen LogP contribution is 2.12. The summed E-state index contributed by atoms with van der Waals surface area (Å²) in [4.78, 5) is 16.3. The van der Waals surface area contributed by atoms with Crippen molar-refractivity contribution in [2.75, 3.05) is 6.61 Å². The molecule has 6 nitrogen and oxygen atoms in total. The summed E-state index contributed by atoms with van der Waals surface area (Å²) in [7, 11) is 0. The summed E-state index contributed by atoms with van der Waals surface area (Å²) >= 11 is 0. The molecule has 1 fully saturated rings. The Morgan fingerprint density at radius 3 is 2.93 bits per heavy atom. The molecular weight excluding hydrogens is 198 g/mol. The van der Waals surface area contributed by atoms with Crippen LogP contribution in [-0.2, 0) is 14.4 Å². The van der Waals surface area contributed by atoms with Crippen LogP contribution in [0.3, 0.4) is 0 Å². The number of hydrogen-bond donors (Lipinski definition) is 3. The standard InChI is InChI=1S/C9H15N3O3/c10-5-7(6-11)9(13)12-15-8-3-1-2-4-14-8/h5-6,8,10H,1-4,11H2,(H,12,13)/b7-6+,10-5?. The third-order valence-electron chi connectivity index (χ3n) is 2.02. The number of carbonyl (C=O) groups is 1. The van der Waals surface area contributed by atoms with E-state index in [4.69, 9.17) is 20.7 Å². The van der Waals surface area contributed by atoms with Crippen LogP contribution in [-0.4, -0.2) is 25.0 Å². The fraction of sp³-hybridized carbons (Fsp3) is 0.556. The van der Waals surface area contributed by atoms with Crippen molar-refractivity contribution in [3.8, 4) is 0 Å². The average Bonchev–Trinajstić information content (AvgIpc) is 2.29. The predicted molar refractivity (Wildman–Crippen MR) is 53.9 cm³/mol. The first-order valence-electron chi connectivity index (χ1n) is 4.78. The van der Waals surface area contributed by atoms with E-state index in [-0.39, 0.29) is 5.57 Å². The van der Waals surface area contributed by atoms with E-state index >= 15 is 0 Å². The van der Waals surface area contributed by atoms with Gasteiger partial charge in [0.25, 0.3) is 5.91 Å². The molecule has 1 amide bonds. The Hall–Kier alpha value is -1.40. The molecule has 84 valence electrons. The molecule has 1 atom stereocenters. The van der Waals surface area contributed by atoms with Gasteiger partial charge in [0.2, 0.25) is 0 Å². The third kappa shape index (κ3) is 3.69. The number of hydrogen-bond acceptors (Lipinski definition) is 5. The van der Waals surface area contributed by atoms with E-state index in [2.05, 4.69) is 5.48 Å². The number of nitrogens with two attached hydrogens (primary N) is 1. The highest BCUT2D eigenvalue weighted by molar-refractivity contribution is 6.10. The number of rotatable bonds is 4. The van der Waals surface area contributed by atoms with Gasteiger partial charge in [-0.05, 0) is 12.8 Å². The average molecular weight is 213 g/mol. The van der Waals surface area contributed by atoms with Crippen molar-refractivity contribution in [2.45, 2.75) is 25.6 Å². The van der Waals surface area contributed by atoms with E-state index in [1.54, 1.807) is 0 Å². The largest absolute Gasteiger partial charge is 0.404 e. The molecule has 0 radical (unpaired) electrons. The summed E-state index contributed by atoms with van der Waals surface area (Å²) < 4.78 is 5.23. The van der Waals surface area contributed by atoms with E-state index in [1.807, 2.05) is 0 Å². The van der Waals surface area contributed by atoms with Crippen molar-refractivity contribution >= 4 is 12.1 Å². The van der Waals surface area contributed by atoms with Crippen molar-refractivity contribution < 1.29 is 14.4 Å². The molecule has 0 bridgehead atoms. The molecule has 4 N–H and O–H groups in total. The third-order valence-corrected chi connectivity index (χ3v) is 2.02. The van der Waals surface area contributed by atoms with E-state index in [0.717, 1.165) is 31.7 Å². The molecule has 1 aliphatic heterocycles. The van der Waals surface area contributed by atoms with Crippen molar-refractivity contribution in [2.24, 2.45) is 5.73 Å². The maximum Gasteiger partial charge on any atom is 0.277 e.